The van der Waals surface area contributed by atoms with Crippen LogP contribution in [0.3, 0.4) is 0 Å². The van der Waals surface area contributed by atoms with Crippen LogP contribution in [-0.2, 0) is 6.42 Å². The summed E-state index contributed by atoms with van der Waals surface area (Å²) in [5.74, 6) is 0.185. The number of aromatic hydroxyl groups is 1. The monoisotopic (exact) mass is 422 g/mol. The summed E-state index contributed by atoms with van der Waals surface area (Å²) in [7, 11) is 0. The zero-order chi connectivity index (χ0) is 22.4. The summed E-state index contributed by atoms with van der Waals surface area (Å²) in [5, 5.41) is 34.3. The fraction of sp³-hybridized carbons (Fsp3) is 0.304. The number of phenols is 1. The number of benzene rings is 2. The van der Waals surface area contributed by atoms with E-state index in [1.54, 1.807) is 25.1 Å². The SMILES string of the molecule is CCCCCCc1cc2cc(C(C)=NNc3ccc([N+](=O)[O-])cc3)c(=N)oc2cc1O. The van der Waals surface area contributed by atoms with Crippen LogP contribution < -0.4 is 11.0 Å². The van der Waals surface area contributed by atoms with Gasteiger partial charge in [0.2, 0.25) is 5.55 Å². The van der Waals surface area contributed by atoms with Gasteiger partial charge in [-0.1, -0.05) is 26.2 Å². The lowest BCUT2D eigenvalue weighted by molar-refractivity contribution is -0.384. The Bertz CT molecular complexity index is 1170. The second kappa shape index (κ2) is 9.88. The van der Waals surface area contributed by atoms with Gasteiger partial charge in [-0.3, -0.25) is 20.9 Å². The van der Waals surface area contributed by atoms with Crippen molar-refractivity contribution in [1.29, 1.82) is 5.41 Å². The number of nitro groups is 1. The highest BCUT2D eigenvalue weighted by Gasteiger charge is 2.11. The normalized spacial score (nSPS) is 11.6. The van der Waals surface area contributed by atoms with Crippen molar-refractivity contribution in [3.63, 3.8) is 0 Å². The summed E-state index contributed by atoms with van der Waals surface area (Å²) in [6.07, 6.45) is 5.25. The van der Waals surface area contributed by atoms with E-state index >= 15 is 0 Å². The number of nitrogens with zero attached hydrogens (tertiary/aromatic N) is 2. The summed E-state index contributed by atoms with van der Waals surface area (Å²) in [6, 6.07) is 11.2. The summed E-state index contributed by atoms with van der Waals surface area (Å²) >= 11 is 0. The highest BCUT2D eigenvalue weighted by Crippen LogP contribution is 2.26. The first-order valence-corrected chi connectivity index (χ1v) is 10.3. The van der Waals surface area contributed by atoms with Gasteiger partial charge in [0.05, 0.1) is 21.9 Å². The smallest absolute Gasteiger partial charge is 0.269 e. The van der Waals surface area contributed by atoms with Gasteiger partial charge in [-0.05, 0) is 49.6 Å². The minimum atomic E-state index is -0.461. The van der Waals surface area contributed by atoms with E-state index in [-0.39, 0.29) is 17.0 Å². The largest absolute Gasteiger partial charge is 0.508 e. The van der Waals surface area contributed by atoms with E-state index in [0.29, 0.717) is 22.5 Å². The van der Waals surface area contributed by atoms with E-state index in [9.17, 15) is 15.2 Å². The van der Waals surface area contributed by atoms with Gasteiger partial charge in [0.25, 0.3) is 5.69 Å². The van der Waals surface area contributed by atoms with Crippen molar-refractivity contribution in [1.82, 2.24) is 0 Å². The third-order valence-corrected chi connectivity index (χ3v) is 5.09. The lowest BCUT2D eigenvalue weighted by Crippen LogP contribution is -2.13. The highest BCUT2D eigenvalue weighted by molar-refractivity contribution is 6.00. The van der Waals surface area contributed by atoms with Crippen molar-refractivity contribution < 1.29 is 14.4 Å². The summed E-state index contributed by atoms with van der Waals surface area (Å²) in [5.41, 5.74) is 5.74. The summed E-state index contributed by atoms with van der Waals surface area (Å²) in [6.45, 7) is 3.91. The number of rotatable bonds is 9. The second-order valence-electron chi connectivity index (χ2n) is 7.43. The number of non-ortho nitro benzene ring substituents is 1. The van der Waals surface area contributed by atoms with Crippen LogP contribution in [-0.4, -0.2) is 15.7 Å². The number of hydrogen-bond donors (Lipinski definition) is 3. The predicted octanol–water partition coefficient (Wildman–Crippen LogP) is 5.48. The molecule has 0 spiro atoms. The Balaban J connectivity index is 1.83. The average Bonchev–Trinajstić information content (AvgIpc) is 2.75. The molecule has 0 saturated carbocycles. The molecular formula is C23H26N4O4. The van der Waals surface area contributed by atoms with Gasteiger partial charge in [0, 0.05) is 23.6 Å². The molecule has 0 unspecified atom stereocenters. The molecule has 0 aliphatic rings. The molecule has 0 amide bonds. The molecule has 162 valence electrons. The van der Waals surface area contributed by atoms with E-state index in [1.807, 2.05) is 12.1 Å². The van der Waals surface area contributed by atoms with E-state index in [0.717, 1.165) is 36.6 Å². The second-order valence-corrected chi connectivity index (χ2v) is 7.43. The average molecular weight is 422 g/mol. The van der Waals surface area contributed by atoms with Gasteiger partial charge in [0.1, 0.15) is 11.3 Å². The molecule has 0 radical (unpaired) electrons. The number of hydrogen-bond acceptors (Lipinski definition) is 7. The van der Waals surface area contributed by atoms with Gasteiger partial charge in [-0.15, -0.1) is 0 Å². The molecule has 8 nitrogen and oxygen atoms in total. The third kappa shape index (κ3) is 5.48. The van der Waals surface area contributed by atoms with Gasteiger partial charge in [0.15, 0.2) is 0 Å². The minimum Gasteiger partial charge on any atom is -0.508 e. The number of nitrogens with one attached hydrogen (secondary N) is 2. The molecule has 0 aliphatic heterocycles. The van der Waals surface area contributed by atoms with Crippen LogP contribution in [0.1, 0.15) is 50.7 Å². The molecule has 8 heteroatoms. The summed E-state index contributed by atoms with van der Waals surface area (Å²) < 4.78 is 5.61. The number of hydrazone groups is 1. The van der Waals surface area contributed by atoms with Crippen molar-refractivity contribution in [2.45, 2.75) is 46.0 Å². The van der Waals surface area contributed by atoms with E-state index in [1.165, 1.54) is 18.6 Å². The standard InChI is InChI=1S/C23H26N4O4/c1-3-4-5-6-7-16-12-17-13-20(23(24)31-22(17)14-21(16)28)15(2)25-26-18-8-10-19(11-9-18)27(29)30/h8-14,24,26,28H,3-7H2,1-2H3. The molecule has 3 N–H and O–H groups in total. The molecular weight excluding hydrogens is 396 g/mol. The molecule has 3 aromatic rings. The molecule has 0 aliphatic carbocycles. The highest BCUT2D eigenvalue weighted by atomic mass is 16.6. The van der Waals surface area contributed by atoms with Gasteiger partial charge in [-0.2, -0.15) is 5.10 Å². The molecule has 3 rings (SSSR count). The Hall–Kier alpha value is -3.68. The summed E-state index contributed by atoms with van der Waals surface area (Å²) in [4.78, 5) is 10.3. The fourth-order valence-corrected chi connectivity index (χ4v) is 3.30. The maximum atomic E-state index is 10.8. The molecule has 1 aromatic heterocycles. The van der Waals surface area contributed by atoms with Crippen molar-refractivity contribution in [3.8, 4) is 5.75 Å². The van der Waals surface area contributed by atoms with Gasteiger partial charge < -0.3 is 9.52 Å². The lowest BCUT2D eigenvalue weighted by atomic mass is 10.0. The van der Waals surface area contributed by atoms with Gasteiger partial charge in [-0.25, -0.2) is 0 Å². The van der Waals surface area contributed by atoms with Crippen LogP contribution in [0, 0.1) is 15.5 Å². The number of phenolic OH excluding ortho intramolecular Hbond substituents is 1. The van der Waals surface area contributed by atoms with Crippen molar-refractivity contribution in [2.75, 3.05) is 5.43 Å². The van der Waals surface area contributed by atoms with Gasteiger partial charge >= 0.3 is 0 Å². The number of aryl methyl sites for hydroxylation is 1. The van der Waals surface area contributed by atoms with E-state index in [4.69, 9.17) is 9.83 Å². The zero-order valence-corrected chi connectivity index (χ0v) is 17.6. The quantitative estimate of drug-likeness (QED) is 0.182. The molecule has 0 atom stereocenters. The molecule has 0 saturated heterocycles. The Morgan fingerprint density at radius 2 is 1.94 bits per heavy atom. The molecule has 1 heterocycles. The Morgan fingerprint density at radius 1 is 1.19 bits per heavy atom. The van der Waals surface area contributed by atoms with Crippen LogP contribution >= 0.6 is 0 Å². The number of fused-ring (bicyclic) bond motifs is 1. The van der Waals surface area contributed by atoms with Crippen LogP contribution in [0.25, 0.3) is 11.0 Å². The van der Waals surface area contributed by atoms with Crippen LogP contribution in [0.5, 0.6) is 5.75 Å². The third-order valence-electron chi connectivity index (χ3n) is 5.09. The van der Waals surface area contributed by atoms with Crippen LogP contribution in [0.2, 0.25) is 0 Å². The fourth-order valence-electron chi connectivity index (χ4n) is 3.30. The Kier molecular flexibility index (Phi) is 7.02. The molecule has 0 fully saturated rings. The van der Waals surface area contributed by atoms with Crippen LogP contribution in [0.15, 0.2) is 52.0 Å². The van der Waals surface area contributed by atoms with Crippen LogP contribution in [0.4, 0.5) is 11.4 Å². The first-order chi connectivity index (χ1) is 14.9. The lowest BCUT2D eigenvalue weighted by Gasteiger charge is -2.09. The first-order valence-electron chi connectivity index (χ1n) is 10.3. The maximum absolute atomic E-state index is 10.8. The zero-order valence-electron chi connectivity index (χ0n) is 17.6. The Morgan fingerprint density at radius 3 is 2.61 bits per heavy atom. The first kappa shape index (κ1) is 22.0. The minimum absolute atomic E-state index is 0.00164. The molecule has 0 bridgehead atoms. The van der Waals surface area contributed by atoms with Crippen molar-refractivity contribution in [3.05, 3.63) is 69.3 Å². The number of nitro benzene ring substituents is 1. The molecule has 31 heavy (non-hydrogen) atoms. The van der Waals surface area contributed by atoms with Crippen molar-refractivity contribution in [2.24, 2.45) is 5.10 Å². The number of unbranched alkanes of at least 4 members (excludes halogenated alkanes) is 3. The topological polar surface area (TPSA) is 125 Å². The number of anilines is 1. The van der Waals surface area contributed by atoms with Crippen molar-refractivity contribution >= 4 is 28.1 Å². The maximum Gasteiger partial charge on any atom is 0.269 e. The molecule has 2 aromatic carbocycles. The van der Waals surface area contributed by atoms with E-state index < -0.39 is 4.92 Å². The predicted molar refractivity (Wildman–Crippen MR) is 121 cm³/mol. The van der Waals surface area contributed by atoms with E-state index in [2.05, 4.69) is 17.5 Å². The Labute approximate surface area is 179 Å².